The average molecular weight is 308 g/mol. The number of hydrogen-bond acceptors (Lipinski definition) is 4. The summed E-state index contributed by atoms with van der Waals surface area (Å²) in [6.07, 6.45) is 1.53. The zero-order valence-electron chi connectivity index (χ0n) is 12.4. The van der Waals surface area contributed by atoms with Gasteiger partial charge in [-0.15, -0.1) is 0 Å². The second-order valence-corrected chi connectivity index (χ2v) is 6.75. The van der Waals surface area contributed by atoms with E-state index in [-0.39, 0.29) is 11.6 Å². The molecule has 21 heavy (non-hydrogen) atoms. The Balaban J connectivity index is 2.34. The number of rotatable bonds is 5. The second kappa shape index (κ2) is 5.87. The number of anilines is 1. The van der Waals surface area contributed by atoms with Crippen LogP contribution in [-0.4, -0.2) is 28.8 Å². The molecular weight excluding hydrogens is 288 g/mol. The highest BCUT2D eigenvalue weighted by atomic mass is 32.2. The van der Waals surface area contributed by atoms with Crippen LogP contribution < -0.4 is 5.73 Å². The lowest BCUT2D eigenvalue weighted by molar-refractivity contribution is 0.422. The van der Waals surface area contributed by atoms with E-state index < -0.39 is 10.0 Å². The lowest BCUT2D eigenvalue weighted by atomic mass is 10.2. The summed E-state index contributed by atoms with van der Waals surface area (Å²) in [4.78, 5) is 4.12. The van der Waals surface area contributed by atoms with Crippen molar-refractivity contribution in [2.45, 2.75) is 25.4 Å². The summed E-state index contributed by atoms with van der Waals surface area (Å²) in [6.45, 7) is 4.16. The summed E-state index contributed by atoms with van der Waals surface area (Å²) in [7, 11) is -1.85. The molecule has 0 amide bonds. The Labute approximate surface area is 125 Å². The maximum Gasteiger partial charge on any atom is 0.262 e. The third kappa shape index (κ3) is 3.08. The van der Waals surface area contributed by atoms with Crippen LogP contribution in [0, 0.1) is 6.92 Å². The molecule has 0 unspecified atom stereocenters. The molecule has 114 valence electrons. The van der Waals surface area contributed by atoms with Crippen molar-refractivity contribution in [1.82, 2.24) is 13.9 Å². The number of benzene rings is 1. The van der Waals surface area contributed by atoms with Gasteiger partial charge in [-0.2, -0.15) is 4.31 Å². The SMILES string of the molecule is CCN(Cc1ccccc1N)S(=O)(=O)c1cn(C)c(C)n1. The van der Waals surface area contributed by atoms with Gasteiger partial charge in [-0.3, -0.25) is 0 Å². The molecule has 1 aromatic heterocycles. The molecule has 2 aromatic rings. The third-order valence-electron chi connectivity index (χ3n) is 3.45. The molecule has 1 aromatic carbocycles. The smallest absolute Gasteiger partial charge is 0.262 e. The van der Waals surface area contributed by atoms with Gasteiger partial charge >= 0.3 is 0 Å². The minimum Gasteiger partial charge on any atom is -0.398 e. The number of nitrogen functional groups attached to an aromatic ring is 1. The quantitative estimate of drug-likeness (QED) is 0.849. The van der Waals surface area contributed by atoms with E-state index in [1.807, 2.05) is 18.2 Å². The maximum absolute atomic E-state index is 12.7. The largest absolute Gasteiger partial charge is 0.398 e. The summed E-state index contributed by atoms with van der Waals surface area (Å²) < 4.78 is 28.4. The molecule has 0 saturated heterocycles. The molecule has 0 radical (unpaired) electrons. The molecule has 1 heterocycles. The Bertz CT molecular complexity index is 718. The van der Waals surface area contributed by atoms with E-state index >= 15 is 0 Å². The van der Waals surface area contributed by atoms with Crippen LogP contribution in [0.4, 0.5) is 5.69 Å². The van der Waals surface area contributed by atoms with Crippen molar-refractivity contribution in [3.05, 3.63) is 41.9 Å². The van der Waals surface area contributed by atoms with Gasteiger partial charge in [0.25, 0.3) is 10.0 Å². The molecule has 7 heteroatoms. The number of para-hydroxylation sites is 1. The summed E-state index contributed by atoms with van der Waals surface area (Å²) in [5, 5.41) is 0.0684. The van der Waals surface area contributed by atoms with Gasteiger partial charge in [0.05, 0.1) is 0 Å². The first kappa shape index (κ1) is 15.5. The van der Waals surface area contributed by atoms with E-state index in [1.165, 1.54) is 10.5 Å². The number of aromatic nitrogens is 2. The molecule has 0 fully saturated rings. The van der Waals surface area contributed by atoms with Crippen molar-refractivity contribution in [1.29, 1.82) is 0 Å². The predicted octanol–water partition coefficient (Wildman–Crippen LogP) is 1.52. The maximum atomic E-state index is 12.7. The lowest BCUT2D eigenvalue weighted by Crippen LogP contribution is -2.31. The first-order valence-electron chi connectivity index (χ1n) is 6.69. The van der Waals surface area contributed by atoms with Gasteiger partial charge in [0.1, 0.15) is 5.82 Å². The van der Waals surface area contributed by atoms with Crippen LogP contribution in [0.15, 0.2) is 35.5 Å². The van der Waals surface area contributed by atoms with Crippen molar-refractivity contribution >= 4 is 15.7 Å². The van der Waals surface area contributed by atoms with E-state index in [0.717, 1.165) is 5.56 Å². The Morgan fingerprint density at radius 3 is 2.52 bits per heavy atom. The normalized spacial score (nSPS) is 12.0. The summed E-state index contributed by atoms with van der Waals surface area (Å²) in [5.74, 6) is 0.656. The summed E-state index contributed by atoms with van der Waals surface area (Å²) in [6, 6.07) is 7.26. The Morgan fingerprint density at radius 2 is 2.00 bits per heavy atom. The third-order valence-corrected chi connectivity index (χ3v) is 5.24. The number of imidazole rings is 1. The van der Waals surface area contributed by atoms with Gasteiger partial charge in [0, 0.05) is 32.0 Å². The minimum absolute atomic E-state index is 0.0684. The molecule has 6 nitrogen and oxygen atoms in total. The van der Waals surface area contributed by atoms with Crippen molar-refractivity contribution in [2.75, 3.05) is 12.3 Å². The molecule has 0 aliphatic rings. The van der Waals surface area contributed by atoms with Gasteiger partial charge in [-0.05, 0) is 18.6 Å². The van der Waals surface area contributed by atoms with Crippen LogP contribution in [-0.2, 0) is 23.6 Å². The van der Waals surface area contributed by atoms with Crippen LogP contribution in [0.2, 0.25) is 0 Å². The summed E-state index contributed by atoms with van der Waals surface area (Å²) in [5.41, 5.74) is 7.27. The fraction of sp³-hybridized carbons (Fsp3) is 0.357. The average Bonchev–Trinajstić information content (AvgIpc) is 2.78. The van der Waals surface area contributed by atoms with Gasteiger partial charge in [0.2, 0.25) is 0 Å². The molecular formula is C14H20N4O2S. The highest BCUT2D eigenvalue weighted by molar-refractivity contribution is 7.89. The number of aryl methyl sites for hydroxylation is 2. The molecule has 0 saturated carbocycles. The van der Waals surface area contributed by atoms with Crippen molar-refractivity contribution in [2.24, 2.45) is 7.05 Å². The zero-order valence-corrected chi connectivity index (χ0v) is 13.3. The van der Waals surface area contributed by atoms with Crippen LogP contribution in [0.5, 0.6) is 0 Å². The van der Waals surface area contributed by atoms with E-state index in [0.29, 0.717) is 18.1 Å². The molecule has 0 bridgehead atoms. The topological polar surface area (TPSA) is 81.2 Å². The highest BCUT2D eigenvalue weighted by Crippen LogP contribution is 2.20. The standard InChI is InChI=1S/C14H20N4O2S/c1-4-18(9-12-7-5-6-8-13(12)15)21(19,20)14-10-17(3)11(2)16-14/h5-8,10H,4,9,15H2,1-3H3. The van der Waals surface area contributed by atoms with Crippen LogP contribution in [0.1, 0.15) is 18.3 Å². The predicted molar refractivity (Wildman–Crippen MR) is 82.1 cm³/mol. The van der Waals surface area contributed by atoms with Crippen LogP contribution in [0.3, 0.4) is 0 Å². The zero-order chi connectivity index (χ0) is 15.6. The van der Waals surface area contributed by atoms with Gasteiger partial charge < -0.3 is 10.3 Å². The number of nitrogens with two attached hydrogens (primary N) is 1. The monoisotopic (exact) mass is 308 g/mol. The first-order chi connectivity index (χ1) is 9.86. The molecule has 0 atom stereocenters. The van der Waals surface area contributed by atoms with Gasteiger partial charge in [-0.1, -0.05) is 25.1 Å². The highest BCUT2D eigenvalue weighted by Gasteiger charge is 2.26. The van der Waals surface area contributed by atoms with Crippen molar-refractivity contribution < 1.29 is 8.42 Å². The van der Waals surface area contributed by atoms with Crippen LogP contribution >= 0.6 is 0 Å². The van der Waals surface area contributed by atoms with Crippen molar-refractivity contribution in [3.63, 3.8) is 0 Å². The molecule has 2 N–H and O–H groups in total. The van der Waals surface area contributed by atoms with E-state index in [2.05, 4.69) is 4.98 Å². The number of sulfonamides is 1. The van der Waals surface area contributed by atoms with Gasteiger partial charge in [-0.25, -0.2) is 13.4 Å². The Morgan fingerprint density at radius 1 is 1.33 bits per heavy atom. The summed E-state index contributed by atoms with van der Waals surface area (Å²) >= 11 is 0. The van der Waals surface area contributed by atoms with Crippen LogP contribution in [0.25, 0.3) is 0 Å². The van der Waals surface area contributed by atoms with E-state index in [4.69, 9.17) is 5.73 Å². The molecule has 2 rings (SSSR count). The Kier molecular flexibility index (Phi) is 4.34. The fourth-order valence-electron chi connectivity index (χ4n) is 2.02. The number of nitrogens with zero attached hydrogens (tertiary/aromatic N) is 3. The minimum atomic E-state index is -3.62. The Hall–Kier alpha value is -1.86. The van der Waals surface area contributed by atoms with Crippen molar-refractivity contribution in [3.8, 4) is 0 Å². The first-order valence-corrected chi connectivity index (χ1v) is 8.13. The van der Waals surface area contributed by atoms with Gasteiger partial charge in [0.15, 0.2) is 5.03 Å². The molecule has 0 spiro atoms. The van der Waals surface area contributed by atoms with E-state index in [9.17, 15) is 8.42 Å². The lowest BCUT2D eigenvalue weighted by Gasteiger charge is -2.20. The number of hydrogen-bond donors (Lipinski definition) is 1. The fourth-order valence-corrected chi connectivity index (χ4v) is 3.47. The second-order valence-electron chi connectivity index (χ2n) is 4.87. The molecule has 0 aliphatic heterocycles. The van der Waals surface area contributed by atoms with E-state index in [1.54, 1.807) is 31.5 Å². The molecule has 0 aliphatic carbocycles.